The molecule has 2 atom stereocenters. The summed E-state index contributed by atoms with van der Waals surface area (Å²) in [5.74, 6) is -0.354. The van der Waals surface area contributed by atoms with Crippen molar-refractivity contribution < 1.29 is 18.4 Å². The summed E-state index contributed by atoms with van der Waals surface area (Å²) in [5.41, 5.74) is 0.688. The average Bonchev–Trinajstić information content (AvgIpc) is 2.34. The Balaban J connectivity index is 2.79. The molecule has 1 aliphatic rings. The van der Waals surface area contributed by atoms with E-state index in [1.54, 1.807) is 4.90 Å². The second-order valence-corrected chi connectivity index (χ2v) is 7.07. The van der Waals surface area contributed by atoms with Crippen LogP contribution in [0.1, 0.15) is 26.7 Å². The second kappa shape index (κ2) is 5.69. The Kier molecular flexibility index (Phi) is 4.72. The van der Waals surface area contributed by atoms with Gasteiger partial charge in [-0.15, -0.1) is 0 Å². The lowest BCUT2D eigenvalue weighted by Crippen LogP contribution is -2.48. The molecule has 7 heteroatoms. The van der Waals surface area contributed by atoms with Crippen LogP contribution in [0.15, 0.2) is 5.16 Å². The number of piperidine rings is 1. The van der Waals surface area contributed by atoms with Gasteiger partial charge in [-0.05, 0) is 13.3 Å². The van der Waals surface area contributed by atoms with Crippen molar-refractivity contribution in [3.63, 3.8) is 0 Å². The first-order valence-corrected chi connectivity index (χ1v) is 7.95. The summed E-state index contributed by atoms with van der Waals surface area (Å²) in [6.45, 7) is 4.20. The van der Waals surface area contributed by atoms with Crippen molar-refractivity contribution in [3.05, 3.63) is 0 Å². The zero-order valence-corrected chi connectivity index (χ0v) is 11.8. The van der Waals surface area contributed by atoms with Crippen molar-refractivity contribution >= 4 is 21.5 Å². The summed E-state index contributed by atoms with van der Waals surface area (Å²) in [7, 11) is -3.37. The van der Waals surface area contributed by atoms with Gasteiger partial charge in [0.2, 0.25) is 5.91 Å². The lowest BCUT2D eigenvalue weighted by Gasteiger charge is -2.34. The molecule has 6 nitrogen and oxygen atoms in total. The standard InChI is InChI=1S/C11H20N2O4S/c1-4-9-7-13(6-5-10(9)12-15)11(14)8(2)18(3,16)17/h8-9,15H,4-7H2,1-3H3. The van der Waals surface area contributed by atoms with Gasteiger partial charge in [0.15, 0.2) is 9.84 Å². The van der Waals surface area contributed by atoms with E-state index >= 15 is 0 Å². The molecule has 104 valence electrons. The van der Waals surface area contributed by atoms with Gasteiger partial charge in [-0.3, -0.25) is 4.79 Å². The van der Waals surface area contributed by atoms with Gasteiger partial charge >= 0.3 is 0 Å². The van der Waals surface area contributed by atoms with E-state index in [0.29, 0.717) is 25.2 Å². The van der Waals surface area contributed by atoms with Gasteiger partial charge in [-0.2, -0.15) is 0 Å². The highest BCUT2D eigenvalue weighted by Gasteiger charge is 2.33. The highest BCUT2D eigenvalue weighted by atomic mass is 32.2. The monoisotopic (exact) mass is 276 g/mol. The maximum absolute atomic E-state index is 12.0. The Morgan fingerprint density at radius 2 is 2.22 bits per heavy atom. The van der Waals surface area contributed by atoms with Gasteiger partial charge < -0.3 is 10.1 Å². The van der Waals surface area contributed by atoms with E-state index in [1.165, 1.54) is 6.92 Å². The van der Waals surface area contributed by atoms with Crippen LogP contribution in [0.2, 0.25) is 0 Å². The van der Waals surface area contributed by atoms with Crippen molar-refractivity contribution in [1.29, 1.82) is 0 Å². The predicted octanol–water partition coefficient (Wildman–Crippen LogP) is 0.508. The van der Waals surface area contributed by atoms with E-state index in [9.17, 15) is 13.2 Å². The van der Waals surface area contributed by atoms with Crippen LogP contribution < -0.4 is 0 Å². The fourth-order valence-electron chi connectivity index (χ4n) is 2.05. The fourth-order valence-corrected chi connectivity index (χ4v) is 2.57. The summed E-state index contributed by atoms with van der Waals surface area (Å²) >= 11 is 0. The van der Waals surface area contributed by atoms with Crippen LogP contribution in [0.3, 0.4) is 0 Å². The zero-order valence-electron chi connectivity index (χ0n) is 11.0. The number of nitrogens with zero attached hydrogens (tertiary/aromatic N) is 2. The molecular formula is C11H20N2O4S. The molecule has 0 spiro atoms. The Morgan fingerprint density at radius 3 is 2.67 bits per heavy atom. The Hall–Kier alpha value is -1.11. The number of carbonyl (C=O) groups is 1. The van der Waals surface area contributed by atoms with E-state index in [2.05, 4.69) is 5.16 Å². The van der Waals surface area contributed by atoms with E-state index in [-0.39, 0.29) is 11.8 Å². The largest absolute Gasteiger partial charge is 0.411 e. The highest BCUT2D eigenvalue weighted by Crippen LogP contribution is 2.19. The first kappa shape index (κ1) is 14.9. The van der Waals surface area contributed by atoms with Crippen LogP contribution in [0.4, 0.5) is 0 Å². The Labute approximate surface area is 108 Å². The molecule has 1 saturated heterocycles. The Morgan fingerprint density at radius 1 is 1.61 bits per heavy atom. The van der Waals surface area contributed by atoms with Crippen LogP contribution in [-0.4, -0.2) is 54.7 Å². The van der Waals surface area contributed by atoms with Crippen molar-refractivity contribution in [2.75, 3.05) is 19.3 Å². The van der Waals surface area contributed by atoms with Crippen LogP contribution in [0.5, 0.6) is 0 Å². The van der Waals surface area contributed by atoms with Crippen molar-refractivity contribution in [2.45, 2.75) is 31.9 Å². The third-order valence-electron chi connectivity index (χ3n) is 3.47. The van der Waals surface area contributed by atoms with Gasteiger partial charge in [0.25, 0.3) is 0 Å². The maximum Gasteiger partial charge on any atom is 0.240 e. The predicted molar refractivity (Wildman–Crippen MR) is 68.5 cm³/mol. The minimum absolute atomic E-state index is 0.0134. The van der Waals surface area contributed by atoms with E-state index in [4.69, 9.17) is 5.21 Å². The minimum atomic E-state index is -3.37. The van der Waals surface area contributed by atoms with Crippen LogP contribution in [0, 0.1) is 5.92 Å². The highest BCUT2D eigenvalue weighted by molar-refractivity contribution is 7.92. The number of rotatable bonds is 3. The molecule has 0 saturated carbocycles. The van der Waals surface area contributed by atoms with Gasteiger partial charge in [-0.1, -0.05) is 12.1 Å². The normalized spacial score (nSPS) is 25.2. The topological polar surface area (TPSA) is 87.0 Å². The van der Waals surface area contributed by atoms with Crippen molar-refractivity contribution in [3.8, 4) is 0 Å². The first-order chi connectivity index (χ1) is 8.31. The zero-order chi connectivity index (χ0) is 13.9. The quantitative estimate of drug-likeness (QED) is 0.601. The van der Waals surface area contributed by atoms with E-state index in [1.807, 2.05) is 6.92 Å². The second-order valence-electron chi connectivity index (χ2n) is 4.70. The lowest BCUT2D eigenvalue weighted by atomic mass is 9.93. The summed E-state index contributed by atoms with van der Waals surface area (Å²) in [4.78, 5) is 13.6. The molecule has 1 amide bonds. The number of amides is 1. The van der Waals surface area contributed by atoms with Crippen molar-refractivity contribution in [2.24, 2.45) is 11.1 Å². The molecular weight excluding hydrogens is 256 g/mol. The smallest absolute Gasteiger partial charge is 0.240 e. The molecule has 0 radical (unpaired) electrons. The minimum Gasteiger partial charge on any atom is -0.411 e. The fraction of sp³-hybridized carbons (Fsp3) is 0.818. The van der Waals surface area contributed by atoms with Gasteiger partial charge in [0.05, 0.1) is 5.71 Å². The lowest BCUT2D eigenvalue weighted by molar-refractivity contribution is -0.131. The summed E-state index contributed by atoms with van der Waals surface area (Å²) < 4.78 is 22.8. The molecule has 0 aromatic carbocycles. The van der Waals surface area contributed by atoms with Gasteiger partial charge in [0, 0.05) is 31.7 Å². The molecule has 1 aliphatic heterocycles. The average molecular weight is 276 g/mol. The molecule has 1 heterocycles. The molecule has 0 aromatic heterocycles. The number of oxime groups is 1. The molecule has 1 fully saturated rings. The maximum atomic E-state index is 12.0. The summed E-state index contributed by atoms with van der Waals surface area (Å²) in [5, 5.41) is 11.1. The number of carbonyl (C=O) groups excluding carboxylic acids is 1. The molecule has 0 aliphatic carbocycles. The van der Waals surface area contributed by atoms with Gasteiger partial charge in [-0.25, -0.2) is 8.42 Å². The molecule has 1 N–H and O–H groups in total. The summed E-state index contributed by atoms with van der Waals surface area (Å²) in [6, 6.07) is 0. The number of hydrogen-bond acceptors (Lipinski definition) is 5. The number of sulfone groups is 1. The first-order valence-electron chi connectivity index (χ1n) is 5.99. The van der Waals surface area contributed by atoms with E-state index in [0.717, 1.165) is 12.7 Å². The van der Waals surface area contributed by atoms with Crippen LogP contribution in [0.25, 0.3) is 0 Å². The molecule has 0 bridgehead atoms. The molecule has 2 unspecified atom stereocenters. The van der Waals surface area contributed by atoms with E-state index < -0.39 is 15.1 Å². The molecule has 0 aromatic rings. The van der Waals surface area contributed by atoms with Crippen LogP contribution in [-0.2, 0) is 14.6 Å². The SMILES string of the molecule is CCC1CN(C(=O)C(C)S(C)(=O)=O)CCC1=NO. The third kappa shape index (κ3) is 3.22. The Bertz CT molecular complexity index is 444. The molecule has 1 rings (SSSR count). The summed E-state index contributed by atoms with van der Waals surface area (Å²) in [6.07, 6.45) is 2.32. The molecule has 18 heavy (non-hydrogen) atoms. The third-order valence-corrected chi connectivity index (χ3v) is 4.96. The number of hydrogen-bond donors (Lipinski definition) is 1. The van der Waals surface area contributed by atoms with Gasteiger partial charge in [0.1, 0.15) is 5.25 Å². The van der Waals surface area contributed by atoms with Crippen molar-refractivity contribution in [1.82, 2.24) is 4.90 Å². The van der Waals surface area contributed by atoms with Crippen LogP contribution >= 0.6 is 0 Å². The number of likely N-dealkylation sites (tertiary alicyclic amines) is 1.